The molecule has 0 aliphatic carbocycles. The lowest BCUT2D eigenvalue weighted by Crippen LogP contribution is -2.35. The predicted octanol–water partition coefficient (Wildman–Crippen LogP) is 2.52. The summed E-state index contributed by atoms with van der Waals surface area (Å²) in [4.78, 5) is 0. The second kappa shape index (κ2) is 5.29. The number of aromatic nitrogens is 2. The van der Waals surface area contributed by atoms with Gasteiger partial charge in [-0.25, -0.2) is 0 Å². The van der Waals surface area contributed by atoms with Gasteiger partial charge in [-0.2, -0.15) is 0 Å². The number of nitrogens with zero attached hydrogens (tertiary/aromatic N) is 2. The lowest BCUT2D eigenvalue weighted by Gasteiger charge is -2.26. The van der Waals surface area contributed by atoms with Crippen LogP contribution in [0.2, 0.25) is 0 Å². The monoisotopic (exact) mass is 273 g/mol. The first-order valence-corrected chi connectivity index (χ1v) is 6.88. The maximum Gasteiger partial charge on any atom is 0.203 e. The van der Waals surface area contributed by atoms with Crippen molar-refractivity contribution in [1.82, 2.24) is 9.13 Å². The van der Waals surface area contributed by atoms with Crippen molar-refractivity contribution >= 4 is 11.0 Å². The Bertz CT molecular complexity index is 673. The third-order valence-electron chi connectivity index (χ3n) is 3.64. The number of benzene rings is 1. The zero-order valence-corrected chi connectivity index (χ0v) is 12.4. The molecule has 0 fully saturated rings. The molecule has 0 bridgehead atoms. The molecule has 1 aromatic carbocycles. The molecule has 1 atom stereocenters. The summed E-state index contributed by atoms with van der Waals surface area (Å²) in [6, 6.07) is 7.91. The Morgan fingerprint density at radius 1 is 1.25 bits per heavy atom. The zero-order chi connectivity index (χ0) is 14.9. The molecule has 0 saturated carbocycles. The van der Waals surface area contributed by atoms with Crippen LogP contribution in [-0.4, -0.2) is 20.3 Å². The van der Waals surface area contributed by atoms with E-state index < -0.39 is 6.10 Å². The molecule has 0 unspecified atom stereocenters. The van der Waals surface area contributed by atoms with Gasteiger partial charge in [-0.15, -0.1) is 6.58 Å². The third-order valence-corrected chi connectivity index (χ3v) is 3.64. The molecule has 4 nitrogen and oxygen atoms in total. The first-order chi connectivity index (χ1) is 9.36. The number of fused-ring (bicyclic) bond motifs is 1. The van der Waals surface area contributed by atoms with E-state index in [1.54, 1.807) is 6.08 Å². The summed E-state index contributed by atoms with van der Waals surface area (Å²) in [7, 11) is 0. The molecule has 0 amide bonds. The van der Waals surface area contributed by atoms with Crippen LogP contribution in [0.1, 0.15) is 20.8 Å². The molecule has 2 rings (SSSR count). The molecule has 108 valence electrons. The van der Waals surface area contributed by atoms with Crippen LogP contribution in [0.3, 0.4) is 0 Å². The van der Waals surface area contributed by atoms with Gasteiger partial charge in [0.15, 0.2) is 0 Å². The van der Waals surface area contributed by atoms with Crippen molar-refractivity contribution in [3.05, 3.63) is 42.5 Å². The molecule has 0 saturated heterocycles. The maximum absolute atomic E-state index is 10.3. The number of aliphatic hydroxyl groups is 1. The van der Waals surface area contributed by atoms with E-state index in [1.807, 2.05) is 54.2 Å². The number of para-hydroxylation sites is 2. The number of hydrogen-bond donors (Lipinski definition) is 2. The van der Waals surface area contributed by atoms with E-state index in [1.165, 1.54) is 0 Å². The van der Waals surface area contributed by atoms with E-state index in [9.17, 15) is 5.11 Å². The molecule has 4 heteroatoms. The Balaban J connectivity index is 2.56. The standard InChI is InChI=1S/C16H23N3O/c1-5-10-18-12-8-6-7-9-13(12)19(15(18)17)11-14(20)16(2,3)4/h5-9,14,17,20H,1,10-11H2,2-4H3/t14-/m1/s1. The molecule has 0 radical (unpaired) electrons. The number of imidazole rings is 1. The average Bonchev–Trinajstić information content (AvgIpc) is 2.64. The SMILES string of the molecule is C=CCn1c(=N)n(C[C@@H](O)C(C)(C)C)c2ccccc21. The summed E-state index contributed by atoms with van der Waals surface area (Å²) in [6.45, 7) is 10.8. The van der Waals surface area contributed by atoms with E-state index in [4.69, 9.17) is 5.41 Å². The maximum atomic E-state index is 10.3. The van der Waals surface area contributed by atoms with Gasteiger partial charge >= 0.3 is 0 Å². The summed E-state index contributed by atoms with van der Waals surface area (Å²) in [5, 5.41) is 18.7. The summed E-state index contributed by atoms with van der Waals surface area (Å²) in [6.07, 6.45) is 1.29. The number of hydrogen-bond acceptors (Lipinski definition) is 2. The van der Waals surface area contributed by atoms with E-state index in [2.05, 4.69) is 6.58 Å². The van der Waals surface area contributed by atoms with Gasteiger partial charge in [-0.3, -0.25) is 5.41 Å². The third kappa shape index (κ3) is 2.56. The highest BCUT2D eigenvalue weighted by molar-refractivity contribution is 5.75. The molecule has 0 spiro atoms. The van der Waals surface area contributed by atoms with Gasteiger partial charge in [-0.05, 0) is 17.5 Å². The van der Waals surface area contributed by atoms with Crippen molar-refractivity contribution in [2.45, 2.75) is 40.0 Å². The number of aliphatic hydroxyl groups excluding tert-OH is 1. The Labute approximate surface area is 119 Å². The van der Waals surface area contributed by atoms with Crippen LogP contribution in [0.25, 0.3) is 11.0 Å². The summed E-state index contributed by atoms with van der Waals surface area (Å²) < 4.78 is 3.77. The fourth-order valence-electron chi connectivity index (χ4n) is 2.24. The van der Waals surface area contributed by atoms with Gasteiger partial charge in [-0.1, -0.05) is 39.0 Å². The molecule has 0 aliphatic rings. The quantitative estimate of drug-likeness (QED) is 0.826. The van der Waals surface area contributed by atoms with Gasteiger partial charge < -0.3 is 14.2 Å². The highest BCUT2D eigenvalue weighted by Crippen LogP contribution is 2.22. The molecular formula is C16H23N3O. The highest BCUT2D eigenvalue weighted by Gasteiger charge is 2.24. The zero-order valence-electron chi connectivity index (χ0n) is 12.4. The van der Waals surface area contributed by atoms with Crippen molar-refractivity contribution in [1.29, 1.82) is 5.41 Å². The van der Waals surface area contributed by atoms with E-state index >= 15 is 0 Å². The lowest BCUT2D eigenvalue weighted by atomic mass is 9.89. The Hall–Kier alpha value is -1.81. The van der Waals surface area contributed by atoms with Gasteiger partial charge in [0.2, 0.25) is 5.62 Å². The van der Waals surface area contributed by atoms with E-state index in [-0.39, 0.29) is 5.41 Å². The van der Waals surface area contributed by atoms with Gasteiger partial charge in [0.25, 0.3) is 0 Å². The Kier molecular flexibility index (Phi) is 3.86. The fraction of sp³-hybridized carbons (Fsp3) is 0.438. The molecule has 2 aromatic rings. The minimum Gasteiger partial charge on any atom is -0.391 e. The normalized spacial score (nSPS) is 13.6. The van der Waals surface area contributed by atoms with Gasteiger partial charge in [0.05, 0.1) is 23.7 Å². The smallest absolute Gasteiger partial charge is 0.203 e. The largest absolute Gasteiger partial charge is 0.391 e. The molecule has 0 aliphatic heterocycles. The number of allylic oxidation sites excluding steroid dienone is 1. The van der Waals surface area contributed by atoms with Crippen molar-refractivity contribution < 1.29 is 5.11 Å². The predicted molar refractivity (Wildman–Crippen MR) is 81.4 cm³/mol. The second-order valence-electron chi connectivity index (χ2n) is 6.20. The molecule has 20 heavy (non-hydrogen) atoms. The molecular weight excluding hydrogens is 250 g/mol. The van der Waals surface area contributed by atoms with Crippen LogP contribution in [0, 0.1) is 10.8 Å². The Morgan fingerprint density at radius 3 is 2.30 bits per heavy atom. The topological polar surface area (TPSA) is 53.9 Å². The second-order valence-corrected chi connectivity index (χ2v) is 6.20. The molecule has 1 aromatic heterocycles. The van der Waals surface area contributed by atoms with Gasteiger partial charge in [0.1, 0.15) is 0 Å². The van der Waals surface area contributed by atoms with Crippen LogP contribution >= 0.6 is 0 Å². The summed E-state index contributed by atoms with van der Waals surface area (Å²) in [5.74, 6) is 0. The average molecular weight is 273 g/mol. The highest BCUT2D eigenvalue weighted by atomic mass is 16.3. The van der Waals surface area contributed by atoms with Crippen molar-refractivity contribution in [3.63, 3.8) is 0 Å². The summed E-state index contributed by atoms with van der Waals surface area (Å²) in [5.41, 5.74) is 2.16. The lowest BCUT2D eigenvalue weighted by molar-refractivity contribution is 0.0478. The van der Waals surface area contributed by atoms with Crippen LogP contribution in [0.4, 0.5) is 0 Å². The minimum absolute atomic E-state index is 0.207. The van der Waals surface area contributed by atoms with Gasteiger partial charge in [0, 0.05) is 6.54 Å². The number of nitrogens with one attached hydrogen (secondary N) is 1. The van der Waals surface area contributed by atoms with Crippen molar-refractivity contribution in [2.75, 3.05) is 0 Å². The fourth-order valence-corrected chi connectivity index (χ4v) is 2.24. The minimum atomic E-state index is -0.500. The number of rotatable bonds is 4. The van der Waals surface area contributed by atoms with Crippen LogP contribution < -0.4 is 5.62 Å². The van der Waals surface area contributed by atoms with Crippen molar-refractivity contribution in [3.8, 4) is 0 Å². The van der Waals surface area contributed by atoms with E-state index in [0.29, 0.717) is 18.7 Å². The summed E-state index contributed by atoms with van der Waals surface area (Å²) >= 11 is 0. The van der Waals surface area contributed by atoms with Crippen molar-refractivity contribution in [2.24, 2.45) is 5.41 Å². The first-order valence-electron chi connectivity index (χ1n) is 6.88. The first kappa shape index (κ1) is 14.6. The van der Waals surface area contributed by atoms with Crippen LogP contribution in [0.15, 0.2) is 36.9 Å². The molecule has 2 N–H and O–H groups in total. The van der Waals surface area contributed by atoms with E-state index in [0.717, 1.165) is 11.0 Å². The van der Waals surface area contributed by atoms with Crippen LogP contribution in [0.5, 0.6) is 0 Å². The molecule has 1 heterocycles. The van der Waals surface area contributed by atoms with Crippen LogP contribution in [-0.2, 0) is 13.1 Å². The Morgan fingerprint density at radius 2 is 1.80 bits per heavy atom.